The summed E-state index contributed by atoms with van der Waals surface area (Å²) in [7, 11) is 1.79. The molecule has 2 rings (SSSR count). The van der Waals surface area contributed by atoms with Crippen molar-refractivity contribution in [1.29, 1.82) is 0 Å². The normalized spacial score (nSPS) is 10.8. The number of nitrogens with zero attached hydrogens (tertiary/aromatic N) is 3. The molecule has 0 saturated heterocycles. The molecular formula is C11H11ClF2N4O. The highest BCUT2D eigenvalue weighted by Crippen LogP contribution is 2.29. The molecule has 1 aromatic heterocycles. The minimum absolute atomic E-state index is 0.00957. The van der Waals surface area contributed by atoms with E-state index in [1.807, 2.05) is 0 Å². The van der Waals surface area contributed by atoms with Gasteiger partial charge in [0, 0.05) is 18.1 Å². The van der Waals surface area contributed by atoms with Crippen LogP contribution in [0.25, 0.3) is 0 Å². The number of alkyl halides is 2. The van der Waals surface area contributed by atoms with Gasteiger partial charge in [-0.2, -0.15) is 8.78 Å². The fourth-order valence-corrected chi connectivity index (χ4v) is 1.64. The molecule has 0 aliphatic rings. The van der Waals surface area contributed by atoms with Crippen molar-refractivity contribution in [2.75, 3.05) is 5.32 Å². The molecular weight excluding hydrogens is 278 g/mol. The zero-order valence-electron chi connectivity index (χ0n) is 9.98. The Hall–Kier alpha value is -1.89. The predicted octanol–water partition coefficient (Wildman–Crippen LogP) is 2.68. The van der Waals surface area contributed by atoms with Crippen molar-refractivity contribution in [3.05, 3.63) is 35.4 Å². The second-order valence-corrected chi connectivity index (χ2v) is 4.17. The van der Waals surface area contributed by atoms with Gasteiger partial charge in [-0.1, -0.05) is 11.6 Å². The first-order chi connectivity index (χ1) is 9.06. The van der Waals surface area contributed by atoms with Gasteiger partial charge in [0.25, 0.3) is 0 Å². The Morgan fingerprint density at radius 1 is 1.47 bits per heavy atom. The van der Waals surface area contributed by atoms with Gasteiger partial charge >= 0.3 is 6.61 Å². The molecule has 1 N–H and O–H groups in total. The van der Waals surface area contributed by atoms with Crippen LogP contribution in [0.3, 0.4) is 0 Å². The first-order valence-corrected chi connectivity index (χ1v) is 5.75. The summed E-state index contributed by atoms with van der Waals surface area (Å²) >= 11 is 5.75. The molecule has 1 aromatic carbocycles. The van der Waals surface area contributed by atoms with E-state index in [1.165, 1.54) is 6.07 Å². The number of halogens is 3. The second kappa shape index (κ2) is 5.83. The number of hydrogen-bond donors (Lipinski definition) is 1. The smallest absolute Gasteiger partial charge is 0.387 e. The third-order valence-electron chi connectivity index (χ3n) is 2.40. The molecule has 0 spiro atoms. The summed E-state index contributed by atoms with van der Waals surface area (Å²) < 4.78 is 30.7. The molecule has 2 aromatic rings. The molecule has 102 valence electrons. The number of benzene rings is 1. The van der Waals surface area contributed by atoms with Crippen molar-refractivity contribution in [3.63, 3.8) is 0 Å². The van der Waals surface area contributed by atoms with E-state index in [1.54, 1.807) is 30.1 Å². The van der Waals surface area contributed by atoms with Crippen LogP contribution in [0.1, 0.15) is 5.82 Å². The fourth-order valence-electron chi connectivity index (χ4n) is 1.48. The van der Waals surface area contributed by atoms with Crippen molar-refractivity contribution in [1.82, 2.24) is 14.8 Å². The van der Waals surface area contributed by atoms with Crippen molar-refractivity contribution < 1.29 is 13.5 Å². The van der Waals surface area contributed by atoms with Gasteiger partial charge in [-0.15, -0.1) is 10.2 Å². The molecule has 8 heteroatoms. The SMILES string of the molecule is Cn1cnnc1CNc1ccc(Cl)cc1OC(F)F. The van der Waals surface area contributed by atoms with Crippen LogP contribution >= 0.6 is 11.6 Å². The van der Waals surface area contributed by atoms with E-state index in [9.17, 15) is 8.78 Å². The van der Waals surface area contributed by atoms with Crippen molar-refractivity contribution >= 4 is 17.3 Å². The largest absolute Gasteiger partial charge is 0.433 e. The average molecular weight is 289 g/mol. The van der Waals surface area contributed by atoms with Crippen LogP contribution in [0, 0.1) is 0 Å². The standard InChI is InChI=1S/C11H11ClF2N4O/c1-18-6-16-17-10(18)5-15-8-3-2-7(12)4-9(8)19-11(13)14/h2-4,6,11,15H,5H2,1H3. The fraction of sp³-hybridized carbons (Fsp3) is 0.273. The number of aromatic nitrogens is 3. The molecule has 0 atom stereocenters. The highest BCUT2D eigenvalue weighted by atomic mass is 35.5. The molecule has 5 nitrogen and oxygen atoms in total. The predicted molar refractivity (Wildman–Crippen MR) is 66.4 cm³/mol. The number of aryl methyl sites for hydroxylation is 1. The molecule has 1 heterocycles. The monoisotopic (exact) mass is 288 g/mol. The third kappa shape index (κ3) is 3.54. The van der Waals surface area contributed by atoms with Gasteiger partial charge in [-0.05, 0) is 12.1 Å². The van der Waals surface area contributed by atoms with Gasteiger partial charge in [0.1, 0.15) is 6.33 Å². The Labute approximate surface area is 113 Å². The van der Waals surface area contributed by atoms with Gasteiger partial charge in [0.2, 0.25) is 0 Å². The van der Waals surface area contributed by atoms with Gasteiger partial charge in [-0.3, -0.25) is 0 Å². The minimum Gasteiger partial charge on any atom is -0.433 e. The number of nitrogens with one attached hydrogen (secondary N) is 1. The van der Waals surface area contributed by atoms with E-state index in [0.717, 1.165) is 0 Å². The minimum atomic E-state index is -2.91. The van der Waals surface area contributed by atoms with Crippen LogP contribution in [0.4, 0.5) is 14.5 Å². The first kappa shape index (κ1) is 13.5. The van der Waals surface area contributed by atoms with Crippen LogP contribution in [0.15, 0.2) is 24.5 Å². The third-order valence-corrected chi connectivity index (χ3v) is 2.64. The van der Waals surface area contributed by atoms with Crippen LogP contribution < -0.4 is 10.1 Å². The van der Waals surface area contributed by atoms with E-state index in [4.69, 9.17) is 11.6 Å². The van der Waals surface area contributed by atoms with E-state index in [-0.39, 0.29) is 5.75 Å². The number of hydrogen-bond acceptors (Lipinski definition) is 4. The Morgan fingerprint density at radius 2 is 2.26 bits per heavy atom. The summed E-state index contributed by atoms with van der Waals surface area (Å²) in [6.07, 6.45) is 1.55. The zero-order valence-corrected chi connectivity index (χ0v) is 10.7. The lowest BCUT2D eigenvalue weighted by Crippen LogP contribution is -2.09. The van der Waals surface area contributed by atoms with Crippen LogP contribution in [0.5, 0.6) is 5.75 Å². The van der Waals surface area contributed by atoms with E-state index >= 15 is 0 Å². The molecule has 0 unspecified atom stereocenters. The average Bonchev–Trinajstić information content (AvgIpc) is 2.73. The number of anilines is 1. The molecule has 0 fully saturated rings. The van der Waals surface area contributed by atoms with Crippen LogP contribution in [-0.4, -0.2) is 21.4 Å². The summed E-state index contributed by atoms with van der Waals surface area (Å²) in [4.78, 5) is 0. The van der Waals surface area contributed by atoms with Gasteiger partial charge in [0.15, 0.2) is 11.6 Å². The van der Waals surface area contributed by atoms with Crippen molar-refractivity contribution in [2.24, 2.45) is 7.05 Å². The molecule has 0 aliphatic heterocycles. The lowest BCUT2D eigenvalue weighted by Gasteiger charge is -2.12. The van der Waals surface area contributed by atoms with Gasteiger partial charge in [-0.25, -0.2) is 0 Å². The first-order valence-electron chi connectivity index (χ1n) is 5.37. The maximum absolute atomic E-state index is 12.3. The summed E-state index contributed by atoms with van der Waals surface area (Å²) in [6, 6.07) is 4.47. The summed E-state index contributed by atoms with van der Waals surface area (Å²) in [5.74, 6) is 0.655. The Balaban J connectivity index is 2.13. The van der Waals surface area contributed by atoms with Crippen molar-refractivity contribution in [3.8, 4) is 5.75 Å². The lowest BCUT2D eigenvalue weighted by atomic mass is 10.3. The summed E-state index contributed by atoms with van der Waals surface area (Å²) in [5.41, 5.74) is 0.410. The topological polar surface area (TPSA) is 52.0 Å². The summed E-state index contributed by atoms with van der Waals surface area (Å²) in [6.45, 7) is -2.58. The van der Waals surface area contributed by atoms with E-state index < -0.39 is 6.61 Å². The molecule has 0 amide bonds. The quantitative estimate of drug-likeness (QED) is 0.919. The Morgan fingerprint density at radius 3 is 2.89 bits per heavy atom. The van der Waals surface area contributed by atoms with E-state index in [2.05, 4.69) is 20.3 Å². The highest BCUT2D eigenvalue weighted by Gasteiger charge is 2.11. The molecule has 19 heavy (non-hydrogen) atoms. The molecule has 0 radical (unpaired) electrons. The number of ether oxygens (including phenoxy) is 1. The Bertz CT molecular complexity index is 561. The maximum atomic E-state index is 12.3. The number of rotatable bonds is 5. The second-order valence-electron chi connectivity index (χ2n) is 3.73. The maximum Gasteiger partial charge on any atom is 0.387 e. The zero-order chi connectivity index (χ0) is 13.8. The van der Waals surface area contributed by atoms with Crippen LogP contribution in [-0.2, 0) is 13.6 Å². The molecule has 0 bridgehead atoms. The van der Waals surface area contributed by atoms with Gasteiger partial charge < -0.3 is 14.6 Å². The van der Waals surface area contributed by atoms with Gasteiger partial charge in [0.05, 0.1) is 12.2 Å². The summed E-state index contributed by atoms with van der Waals surface area (Å²) in [5, 5.41) is 10.9. The van der Waals surface area contributed by atoms with E-state index in [0.29, 0.717) is 23.1 Å². The Kier molecular flexibility index (Phi) is 4.16. The lowest BCUT2D eigenvalue weighted by molar-refractivity contribution is -0.0493. The molecule has 0 aliphatic carbocycles. The highest BCUT2D eigenvalue weighted by molar-refractivity contribution is 6.30. The molecule has 0 saturated carbocycles. The van der Waals surface area contributed by atoms with Crippen molar-refractivity contribution in [2.45, 2.75) is 13.2 Å². The van der Waals surface area contributed by atoms with Crippen LogP contribution in [0.2, 0.25) is 5.02 Å².